The molecule has 15 heavy (non-hydrogen) atoms. The molecule has 0 aliphatic carbocycles. The molecule has 0 unspecified atom stereocenters. The third-order valence-corrected chi connectivity index (χ3v) is 3.80. The molecule has 0 saturated carbocycles. The van der Waals surface area contributed by atoms with Crippen LogP contribution < -0.4 is 5.73 Å². The summed E-state index contributed by atoms with van der Waals surface area (Å²) < 4.78 is 0. The zero-order valence-corrected chi connectivity index (χ0v) is 10.8. The fourth-order valence-electron chi connectivity index (χ4n) is 2.04. The van der Waals surface area contributed by atoms with E-state index < -0.39 is 0 Å². The highest BCUT2D eigenvalue weighted by Crippen LogP contribution is 2.30. The molecule has 1 aliphatic heterocycles. The Bertz CT molecular complexity index is 324. The van der Waals surface area contributed by atoms with Crippen molar-refractivity contribution in [2.45, 2.75) is 38.8 Å². The van der Waals surface area contributed by atoms with Gasteiger partial charge in [0.2, 0.25) is 0 Å². The first kappa shape index (κ1) is 12.7. The van der Waals surface area contributed by atoms with Crippen molar-refractivity contribution in [3.05, 3.63) is 11.1 Å². The predicted molar refractivity (Wildman–Crippen MR) is 67.5 cm³/mol. The van der Waals surface area contributed by atoms with Crippen LogP contribution >= 0.6 is 23.7 Å². The number of nitrogens with zero attached hydrogens (tertiary/aromatic N) is 2. The Morgan fingerprint density at radius 1 is 1.60 bits per heavy atom. The molecule has 5 heteroatoms. The zero-order valence-electron chi connectivity index (χ0n) is 9.19. The van der Waals surface area contributed by atoms with Gasteiger partial charge in [-0.05, 0) is 33.2 Å². The van der Waals surface area contributed by atoms with Crippen LogP contribution in [0, 0.1) is 0 Å². The van der Waals surface area contributed by atoms with Crippen LogP contribution in [0.15, 0.2) is 6.20 Å². The normalized spacial score (nSPS) is 20.1. The number of likely N-dealkylation sites (tertiary alicyclic amines) is 1. The van der Waals surface area contributed by atoms with E-state index in [1.54, 1.807) is 11.3 Å². The molecule has 1 aliphatic rings. The first-order valence-electron chi connectivity index (χ1n) is 5.03. The largest absolute Gasteiger partial charge is 0.375 e. The lowest BCUT2D eigenvalue weighted by Gasteiger charge is -2.30. The third kappa shape index (κ3) is 2.83. The van der Waals surface area contributed by atoms with Crippen LogP contribution in [0.4, 0.5) is 5.13 Å². The highest BCUT2D eigenvalue weighted by molar-refractivity contribution is 7.15. The van der Waals surface area contributed by atoms with Gasteiger partial charge in [-0.15, -0.1) is 23.7 Å². The van der Waals surface area contributed by atoms with Gasteiger partial charge >= 0.3 is 0 Å². The summed E-state index contributed by atoms with van der Waals surface area (Å²) in [6, 6.07) is 0. The summed E-state index contributed by atoms with van der Waals surface area (Å²) in [5.41, 5.74) is 5.96. The lowest BCUT2D eigenvalue weighted by molar-refractivity contribution is 0.168. The number of hydrogen-bond donors (Lipinski definition) is 1. The van der Waals surface area contributed by atoms with E-state index in [2.05, 4.69) is 23.7 Å². The Labute approximate surface area is 101 Å². The minimum absolute atomic E-state index is 0. The van der Waals surface area contributed by atoms with Gasteiger partial charge in [0, 0.05) is 23.2 Å². The lowest BCUT2D eigenvalue weighted by atomic mass is 10.0. The average Bonchev–Trinajstić information content (AvgIpc) is 2.61. The summed E-state index contributed by atoms with van der Waals surface area (Å²) in [4.78, 5) is 7.87. The summed E-state index contributed by atoms with van der Waals surface area (Å²) in [6.45, 7) is 6.82. The average molecular weight is 248 g/mol. The van der Waals surface area contributed by atoms with Crippen LogP contribution in [0.25, 0.3) is 0 Å². The van der Waals surface area contributed by atoms with E-state index in [0.717, 1.165) is 6.54 Å². The second-order valence-corrected chi connectivity index (χ2v) is 5.65. The molecule has 3 nitrogen and oxygen atoms in total. The van der Waals surface area contributed by atoms with Gasteiger partial charge in [-0.1, -0.05) is 0 Å². The fraction of sp³-hybridized carbons (Fsp3) is 0.700. The summed E-state index contributed by atoms with van der Waals surface area (Å²) >= 11 is 1.60. The van der Waals surface area contributed by atoms with Crippen molar-refractivity contribution in [1.29, 1.82) is 0 Å². The van der Waals surface area contributed by atoms with Crippen LogP contribution in [0.5, 0.6) is 0 Å². The molecule has 0 spiro atoms. The molecule has 0 amide bonds. The van der Waals surface area contributed by atoms with E-state index in [1.807, 2.05) is 6.20 Å². The summed E-state index contributed by atoms with van der Waals surface area (Å²) in [6.07, 6.45) is 4.50. The van der Waals surface area contributed by atoms with Gasteiger partial charge in [-0.2, -0.15) is 0 Å². The van der Waals surface area contributed by atoms with Crippen molar-refractivity contribution in [2.75, 3.05) is 12.3 Å². The van der Waals surface area contributed by atoms with Crippen molar-refractivity contribution in [3.8, 4) is 0 Å². The number of anilines is 1. The predicted octanol–water partition coefficient (Wildman–Crippen LogP) is 2.52. The van der Waals surface area contributed by atoms with Gasteiger partial charge in [0.05, 0.1) is 0 Å². The quantitative estimate of drug-likeness (QED) is 0.873. The first-order valence-corrected chi connectivity index (χ1v) is 5.85. The minimum atomic E-state index is 0. The van der Waals surface area contributed by atoms with Crippen molar-refractivity contribution in [2.24, 2.45) is 0 Å². The number of nitrogens with two attached hydrogens (primary N) is 1. The van der Waals surface area contributed by atoms with E-state index in [9.17, 15) is 0 Å². The van der Waals surface area contributed by atoms with Crippen molar-refractivity contribution in [3.63, 3.8) is 0 Å². The number of thiazole rings is 1. The maximum atomic E-state index is 5.61. The summed E-state index contributed by atoms with van der Waals surface area (Å²) in [5, 5.41) is 0.678. The Morgan fingerprint density at radius 2 is 2.33 bits per heavy atom. The zero-order chi connectivity index (χ0) is 10.2. The maximum absolute atomic E-state index is 5.61. The number of nitrogen functional groups attached to an aromatic ring is 1. The molecule has 0 atom stereocenters. The van der Waals surface area contributed by atoms with Crippen LogP contribution in [-0.2, 0) is 6.54 Å². The Balaban J connectivity index is 0.00000112. The van der Waals surface area contributed by atoms with Crippen LogP contribution in [0.1, 0.15) is 31.6 Å². The van der Waals surface area contributed by atoms with E-state index in [-0.39, 0.29) is 12.4 Å². The van der Waals surface area contributed by atoms with Gasteiger partial charge in [0.15, 0.2) is 5.13 Å². The minimum Gasteiger partial charge on any atom is -0.375 e. The molecule has 1 fully saturated rings. The molecule has 0 radical (unpaired) electrons. The van der Waals surface area contributed by atoms with Gasteiger partial charge in [-0.25, -0.2) is 4.98 Å². The Morgan fingerprint density at radius 3 is 2.80 bits per heavy atom. The smallest absolute Gasteiger partial charge is 0.180 e. The molecule has 2 N–H and O–H groups in total. The molecule has 0 aromatic carbocycles. The number of halogens is 1. The molecule has 86 valence electrons. The molecule has 1 saturated heterocycles. The molecular formula is C10H18ClN3S. The maximum Gasteiger partial charge on any atom is 0.180 e. The van der Waals surface area contributed by atoms with Gasteiger partial charge in [0.25, 0.3) is 0 Å². The summed E-state index contributed by atoms with van der Waals surface area (Å²) in [5.74, 6) is 0. The van der Waals surface area contributed by atoms with Gasteiger partial charge < -0.3 is 5.73 Å². The Kier molecular flexibility index (Phi) is 3.98. The topological polar surface area (TPSA) is 42.2 Å². The van der Waals surface area contributed by atoms with Crippen molar-refractivity contribution < 1.29 is 0 Å². The number of rotatable bonds is 2. The van der Waals surface area contributed by atoms with Gasteiger partial charge in [0.1, 0.15) is 0 Å². The van der Waals surface area contributed by atoms with E-state index in [0.29, 0.717) is 10.7 Å². The number of hydrogen-bond acceptors (Lipinski definition) is 4. The fourth-order valence-corrected chi connectivity index (χ4v) is 2.74. The Hall–Kier alpha value is -0.320. The second kappa shape index (κ2) is 4.68. The van der Waals surface area contributed by atoms with Crippen molar-refractivity contribution in [1.82, 2.24) is 9.88 Å². The van der Waals surface area contributed by atoms with E-state index in [1.165, 1.54) is 24.3 Å². The highest BCUT2D eigenvalue weighted by atomic mass is 35.5. The first-order chi connectivity index (χ1) is 6.58. The second-order valence-electron chi connectivity index (χ2n) is 4.50. The standard InChI is InChI=1S/C10H17N3S.ClH/c1-10(2)4-3-5-13(10)7-8-6-12-9(11)14-8;/h6H,3-5,7H2,1-2H3,(H2,11,12);1H. The third-order valence-electron chi connectivity index (χ3n) is 2.99. The van der Waals surface area contributed by atoms with Crippen molar-refractivity contribution >= 4 is 28.9 Å². The van der Waals surface area contributed by atoms with Gasteiger partial charge in [-0.3, -0.25) is 4.90 Å². The monoisotopic (exact) mass is 247 g/mol. The molecular weight excluding hydrogens is 230 g/mol. The lowest BCUT2D eigenvalue weighted by Crippen LogP contribution is -2.37. The summed E-state index contributed by atoms with van der Waals surface area (Å²) in [7, 11) is 0. The van der Waals surface area contributed by atoms with Crippen LogP contribution in [0.3, 0.4) is 0 Å². The SMILES string of the molecule is CC1(C)CCCN1Cc1cnc(N)s1.Cl. The van der Waals surface area contributed by atoms with Crippen LogP contribution in [-0.4, -0.2) is 22.0 Å². The molecule has 2 rings (SSSR count). The molecule has 0 bridgehead atoms. The molecule has 1 aromatic rings. The van der Waals surface area contributed by atoms with E-state index >= 15 is 0 Å². The highest BCUT2D eigenvalue weighted by Gasteiger charge is 2.31. The number of aromatic nitrogens is 1. The molecule has 1 aromatic heterocycles. The van der Waals surface area contributed by atoms with E-state index in [4.69, 9.17) is 5.73 Å². The molecule has 2 heterocycles. The van der Waals surface area contributed by atoms with Crippen LogP contribution in [0.2, 0.25) is 0 Å².